The van der Waals surface area contributed by atoms with Crippen molar-refractivity contribution in [1.29, 1.82) is 0 Å². The van der Waals surface area contributed by atoms with Crippen LogP contribution in [-0.2, 0) is 11.2 Å². The molecule has 0 unspecified atom stereocenters. The van der Waals surface area contributed by atoms with Crippen LogP contribution in [-0.4, -0.2) is 31.0 Å². The molecular formula is C15H19NO2. The summed E-state index contributed by atoms with van der Waals surface area (Å²) in [5.74, 6) is 0.912. The second-order valence-corrected chi connectivity index (χ2v) is 4.69. The molecule has 1 amide bonds. The number of carbonyl (C=O) groups is 1. The molecule has 0 aliphatic heterocycles. The first kappa shape index (κ1) is 12.7. The zero-order valence-corrected chi connectivity index (χ0v) is 11.0. The minimum Gasteiger partial charge on any atom is -0.496 e. The van der Waals surface area contributed by atoms with Gasteiger partial charge in [0.05, 0.1) is 13.5 Å². The zero-order chi connectivity index (χ0) is 13.1. The summed E-state index contributed by atoms with van der Waals surface area (Å²) in [6, 6.07) is 6.23. The number of ether oxygens (including phenoxy) is 1. The Hall–Kier alpha value is -1.77. The molecule has 2 rings (SSSR count). The van der Waals surface area contributed by atoms with Gasteiger partial charge in [-0.3, -0.25) is 4.79 Å². The third-order valence-corrected chi connectivity index (χ3v) is 3.37. The van der Waals surface area contributed by atoms with Gasteiger partial charge in [0.15, 0.2) is 0 Å². The molecule has 3 nitrogen and oxygen atoms in total. The van der Waals surface area contributed by atoms with E-state index in [1.165, 1.54) is 0 Å². The molecule has 0 saturated heterocycles. The summed E-state index contributed by atoms with van der Waals surface area (Å²) in [6.45, 7) is 3.74. The second-order valence-electron chi connectivity index (χ2n) is 4.69. The number of hydrogen-bond donors (Lipinski definition) is 0. The minimum atomic E-state index is 0.150. The van der Waals surface area contributed by atoms with Gasteiger partial charge in [-0.1, -0.05) is 18.7 Å². The van der Waals surface area contributed by atoms with Gasteiger partial charge in [-0.15, -0.1) is 0 Å². The highest BCUT2D eigenvalue weighted by atomic mass is 16.5. The average Bonchev–Trinajstić information content (AvgIpc) is 3.22. The number of hydrogen-bond acceptors (Lipinski definition) is 2. The van der Waals surface area contributed by atoms with Crippen molar-refractivity contribution in [2.75, 3.05) is 14.2 Å². The molecule has 0 atom stereocenters. The summed E-state index contributed by atoms with van der Waals surface area (Å²) in [4.78, 5) is 14.0. The molecule has 1 aliphatic rings. The lowest BCUT2D eigenvalue weighted by molar-refractivity contribution is -0.129. The highest BCUT2D eigenvalue weighted by Gasteiger charge is 2.29. The summed E-state index contributed by atoms with van der Waals surface area (Å²) in [6.07, 6.45) is 4.42. The van der Waals surface area contributed by atoms with Gasteiger partial charge in [0.2, 0.25) is 5.91 Å². The van der Waals surface area contributed by atoms with Crippen molar-refractivity contribution in [2.24, 2.45) is 0 Å². The topological polar surface area (TPSA) is 29.5 Å². The lowest BCUT2D eigenvalue weighted by atomic mass is 10.1. The smallest absolute Gasteiger partial charge is 0.227 e. The number of amides is 1. The zero-order valence-electron chi connectivity index (χ0n) is 11.0. The first-order valence-electron chi connectivity index (χ1n) is 6.20. The van der Waals surface area contributed by atoms with Crippen molar-refractivity contribution in [3.8, 4) is 5.75 Å². The van der Waals surface area contributed by atoms with Crippen molar-refractivity contribution < 1.29 is 9.53 Å². The van der Waals surface area contributed by atoms with Gasteiger partial charge < -0.3 is 9.64 Å². The van der Waals surface area contributed by atoms with Gasteiger partial charge in [-0.2, -0.15) is 0 Å². The second kappa shape index (κ2) is 5.25. The van der Waals surface area contributed by atoms with Crippen LogP contribution >= 0.6 is 0 Å². The molecule has 0 aromatic heterocycles. The van der Waals surface area contributed by atoms with E-state index in [-0.39, 0.29) is 5.91 Å². The van der Waals surface area contributed by atoms with Gasteiger partial charge >= 0.3 is 0 Å². The lowest BCUT2D eigenvalue weighted by Gasteiger charge is -2.17. The van der Waals surface area contributed by atoms with Crippen molar-refractivity contribution in [3.05, 3.63) is 35.9 Å². The number of likely N-dealkylation sites (N-methyl/N-ethyl adjacent to an activating group) is 1. The summed E-state index contributed by atoms with van der Waals surface area (Å²) >= 11 is 0. The Morgan fingerprint density at radius 1 is 1.56 bits per heavy atom. The molecule has 1 aromatic rings. The highest BCUT2D eigenvalue weighted by molar-refractivity contribution is 5.80. The molecule has 1 fully saturated rings. The van der Waals surface area contributed by atoms with Crippen LogP contribution in [0.4, 0.5) is 0 Å². The van der Waals surface area contributed by atoms with Gasteiger partial charge in [-0.05, 0) is 30.5 Å². The Labute approximate surface area is 108 Å². The number of carbonyl (C=O) groups excluding carboxylic acids is 1. The maximum absolute atomic E-state index is 12.1. The normalized spacial score (nSPS) is 14.1. The van der Waals surface area contributed by atoms with E-state index in [1.54, 1.807) is 13.2 Å². The van der Waals surface area contributed by atoms with Crippen LogP contribution in [0.1, 0.15) is 24.0 Å². The first-order chi connectivity index (χ1) is 8.65. The summed E-state index contributed by atoms with van der Waals surface area (Å²) in [5, 5.41) is 0. The van der Waals surface area contributed by atoms with Crippen LogP contribution in [0.15, 0.2) is 24.8 Å². The molecule has 3 heteroatoms. The number of nitrogens with zero attached hydrogens (tertiary/aromatic N) is 1. The van der Waals surface area contributed by atoms with Crippen molar-refractivity contribution >= 4 is 12.0 Å². The van der Waals surface area contributed by atoms with Gasteiger partial charge in [-0.25, -0.2) is 0 Å². The molecule has 0 spiro atoms. The van der Waals surface area contributed by atoms with Crippen LogP contribution in [0.3, 0.4) is 0 Å². The van der Waals surface area contributed by atoms with Crippen molar-refractivity contribution in [2.45, 2.75) is 25.3 Å². The molecule has 1 aromatic carbocycles. The van der Waals surface area contributed by atoms with Crippen LogP contribution in [0.5, 0.6) is 5.75 Å². The maximum atomic E-state index is 12.1. The Kier molecular flexibility index (Phi) is 3.70. The molecular weight excluding hydrogens is 226 g/mol. The highest BCUT2D eigenvalue weighted by Crippen LogP contribution is 2.27. The van der Waals surface area contributed by atoms with Crippen LogP contribution in [0.2, 0.25) is 0 Å². The summed E-state index contributed by atoms with van der Waals surface area (Å²) in [5.41, 5.74) is 1.93. The monoisotopic (exact) mass is 245 g/mol. The van der Waals surface area contributed by atoms with Crippen molar-refractivity contribution in [1.82, 2.24) is 4.90 Å². The Morgan fingerprint density at radius 3 is 2.83 bits per heavy atom. The van der Waals surface area contributed by atoms with E-state index >= 15 is 0 Å². The van der Waals surface area contributed by atoms with E-state index in [4.69, 9.17) is 4.74 Å². The minimum absolute atomic E-state index is 0.150. The Balaban J connectivity index is 2.15. The van der Waals surface area contributed by atoms with E-state index in [9.17, 15) is 4.79 Å². The first-order valence-corrected chi connectivity index (χ1v) is 6.20. The van der Waals surface area contributed by atoms with Gasteiger partial charge in [0.25, 0.3) is 0 Å². The number of benzene rings is 1. The number of methoxy groups -OCH3 is 1. The van der Waals surface area contributed by atoms with E-state index < -0.39 is 0 Å². The third kappa shape index (κ3) is 2.73. The average molecular weight is 245 g/mol. The largest absolute Gasteiger partial charge is 0.496 e. The van der Waals surface area contributed by atoms with Crippen LogP contribution < -0.4 is 4.74 Å². The fourth-order valence-electron chi connectivity index (χ4n) is 2.02. The van der Waals surface area contributed by atoms with Crippen molar-refractivity contribution in [3.63, 3.8) is 0 Å². The molecule has 0 N–H and O–H groups in total. The van der Waals surface area contributed by atoms with E-state index in [0.29, 0.717) is 12.5 Å². The molecule has 18 heavy (non-hydrogen) atoms. The standard InChI is InChI=1S/C15H19NO2/c1-4-11-5-8-14(18-3)12(9-11)10-15(17)16(2)13-6-7-13/h4-5,8-9,13H,1,6-7,10H2,2-3H3. The summed E-state index contributed by atoms with van der Waals surface area (Å²) < 4.78 is 5.30. The third-order valence-electron chi connectivity index (χ3n) is 3.37. The molecule has 1 saturated carbocycles. The predicted octanol–water partition coefficient (Wildman–Crippen LogP) is 2.50. The molecule has 1 aliphatic carbocycles. The Bertz CT molecular complexity index is 464. The molecule has 96 valence electrons. The fraction of sp³-hybridized carbons (Fsp3) is 0.400. The number of rotatable bonds is 5. The van der Waals surface area contributed by atoms with Gasteiger partial charge in [0, 0.05) is 18.7 Å². The SMILES string of the molecule is C=Cc1ccc(OC)c(CC(=O)N(C)C2CC2)c1. The van der Waals surface area contributed by atoms with E-state index in [2.05, 4.69) is 6.58 Å². The van der Waals surface area contributed by atoms with Crippen LogP contribution in [0.25, 0.3) is 6.08 Å². The fourth-order valence-corrected chi connectivity index (χ4v) is 2.02. The predicted molar refractivity (Wildman–Crippen MR) is 72.6 cm³/mol. The molecule has 0 bridgehead atoms. The van der Waals surface area contributed by atoms with Crippen LogP contribution in [0, 0.1) is 0 Å². The van der Waals surface area contributed by atoms with E-state index in [1.807, 2.05) is 30.1 Å². The lowest BCUT2D eigenvalue weighted by Crippen LogP contribution is -2.30. The summed E-state index contributed by atoms with van der Waals surface area (Å²) in [7, 11) is 3.51. The Morgan fingerprint density at radius 2 is 2.28 bits per heavy atom. The quantitative estimate of drug-likeness (QED) is 0.797. The van der Waals surface area contributed by atoms with Gasteiger partial charge in [0.1, 0.15) is 5.75 Å². The molecule has 0 heterocycles. The molecule has 0 radical (unpaired) electrons. The maximum Gasteiger partial charge on any atom is 0.227 e. The van der Waals surface area contributed by atoms with E-state index in [0.717, 1.165) is 29.7 Å².